The molecule has 0 spiro atoms. The number of hydrogen-bond acceptors (Lipinski definition) is 5. The number of rotatable bonds is 4. The molecule has 3 rings (SSSR count). The molecule has 2 heterocycles. The van der Waals surface area contributed by atoms with Gasteiger partial charge in [-0.3, -0.25) is 5.43 Å². The fourth-order valence-electron chi connectivity index (χ4n) is 1.83. The third-order valence-corrected chi connectivity index (χ3v) is 3.80. The van der Waals surface area contributed by atoms with Crippen LogP contribution in [0.4, 0.5) is 5.13 Å². The predicted octanol–water partition coefficient (Wildman–Crippen LogP) is 3.30. The first-order valence-corrected chi connectivity index (χ1v) is 7.39. The van der Waals surface area contributed by atoms with Crippen LogP contribution in [0, 0.1) is 6.92 Å². The second-order valence-electron chi connectivity index (χ2n) is 4.67. The second kappa shape index (κ2) is 5.88. The van der Waals surface area contributed by atoms with Crippen LogP contribution in [-0.4, -0.2) is 20.7 Å². The molecule has 21 heavy (non-hydrogen) atoms. The van der Waals surface area contributed by atoms with Crippen molar-refractivity contribution < 1.29 is 0 Å². The van der Waals surface area contributed by atoms with E-state index >= 15 is 0 Å². The number of nitrogens with zero attached hydrogens (tertiary/aromatic N) is 4. The van der Waals surface area contributed by atoms with E-state index in [1.165, 1.54) is 16.9 Å². The maximum Gasteiger partial charge on any atom is 0.203 e. The van der Waals surface area contributed by atoms with Crippen molar-refractivity contribution in [1.82, 2.24) is 14.5 Å². The van der Waals surface area contributed by atoms with E-state index in [0.29, 0.717) is 0 Å². The quantitative estimate of drug-likeness (QED) is 0.594. The highest BCUT2D eigenvalue weighted by Crippen LogP contribution is 2.24. The Balaban J connectivity index is 1.69. The van der Waals surface area contributed by atoms with Gasteiger partial charge in [0.1, 0.15) is 0 Å². The molecule has 5 nitrogen and oxygen atoms in total. The summed E-state index contributed by atoms with van der Waals surface area (Å²) in [6.45, 7) is 2.07. The molecule has 106 valence electrons. The Hall–Kier alpha value is -2.47. The lowest BCUT2D eigenvalue weighted by Gasteiger charge is -1.97. The first-order chi connectivity index (χ1) is 10.2. The number of hydrogen-bond donors (Lipinski definition) is 1. The van der Waals surface area contributed by atoms with E-state index in [1.54, 1.807) is 12.4 Å². The van der Waals surface area contributed by atoms with Gasteiger partial charge in [0.15, 0.2) is 5.82 Å². The van der Waals surface area contributed by atoms with Crippen LogP contribution in [-0.2, 0) is 7.05 Å². The normalized spacial score (nSPS) is 11.1. The number of thiazole rings is 1. The third kappa shape index (κ3) is 3.17. The lowest BCUT2D eigenvalue weighted by Crippen LogP contribution is -1.97. The van der Waals surface area contributed by atoms with E-state index in [0.717, 1.165) is 22.2 Å². The zero-order chi connectivity index (χ0) is 14.7. The first-order valence-electron chi connectivity index (χ1n) is 6.51. The Bertz CT molecular complexity index is 754. The topological polar surface area (TPSA) is 55.1 Å². The standard InChI is InChI=1S/C15H15N5S/c1-11-3-5-12(6-4-11)13-10-21-15(18-13)19-17-9-14-16-7-8-20(14)2/h3-10H,1-2H3,(H,18,19). The number of hydrazone groups is 1. The average molecular weight is 297 g/mol. The van der Waals surface area contributed by atoms with Gasteiger partial charge in [-0.05, 0) is 6.92 Å². The molecular weight excluding hydrogens is 282 g/mol. The highest BCUT2D eigenvalue weighted by molar-refractivity contribution is 7.14. The minimum absolute atomic E-state index is 0.760. The van der Waals surface area contributed by atoms with Gasteiger partial charge in [0, 0.05) is 30.4 Å². The van der Waals surface area contributed by atoms with Crippen molar-refractivity contribution in [3.05, 3.63) is 53.4 Å². The molecule has 0 unspecified atom stereocenters. The minimum Gasteiger partial charge on any atom is -0.333 e. The Kier molecular flexibility index (Phi) is 3.79. The van der Waals surface area contributed by atoms with Crippen molar-refractivity contribution in [2.45, 2.75) is 6.92 Å². The molecule has 0 fully saturated rings. The average Bonchev–Trinajstić information content (AvgIpc) is 3.10. The van der Waals surface area contributed by atoms with Gasteiger partial charge in [-0.1, -0.05) is 29.8 Å². The molecule has 0 atom stereocenters. The fraction of sp³-hybridized carbons (Fsp3) is 0.133. The van der Waals surface area contributed by atoms with E-state index in [-0.39, 0.29) is 0 Å². The summed E-state index contributed by atoms with van der Waals surface area (Å²) in [6.07, 6.45) is 5.29. The Morgan fingerprint density at radius 3 is 2.81 bits per heavy atom. The largest absolute Gasteiger partial charge is 0.333 e. The molecular formula is C15H15N5S. The van der Waals surface area contributed by atoms with Crippen LogP contribution in [0.3, 0.4) is 0 Å². The van der Waals surface area contributed by atoms with Crippen molar-refractivity contribution in [2.75, 3.05) is 5.43 Å². The van der Waals surface area contributed by atoms with E-state index in [4.69, 9.17) is 0 Å². The van der Waals surface area contributed by atoms with E-state index < -0.39 is 0 Å². The number of benzene rings is 1. The summed E-state index contributed by atoms with van der Waals surface area (Å²) in [6, 6.07) is 8.32. The lowest BCUT2D eigenvalue weighted by atomic mass is 10.1. The second-order valence-corrected chi connectivity index (χ2v) is 5.53. The van der Waals surface area contributed by atoms with Crippen molar-refractivity contribution in [3.8, 4) is 11.3 Å². The van der Waals surface area contributed by atoms with Crippen molar-refractivity contribution in [2.24, 2.45) is 12.1 Å². The van der Waals surface area contributed by atoms with Crippen LogP contribution in [0.25, 0.3) is 11.3 Å². The van der Waals surface area contributed by atoms with E-state index in [1.807, 2.05) is 23.2 Å². The molecule has 0 saturated carbocycles. The predicted molar refractivity (Wildman–Crippen MR) is 86.7 cm³/mol. The van der Waals surface area contributed by atoms with Gasteiger partial charge >= 0.3 is 0 Å². The Morgan fingerprint density at radius 2 is 2.10 bits per heavy atom. The SMILES string of the molecule is Cc1ccc(-c2csc(NN=Cc3nccn3C)n2)cc1. The fourth-order valence-corrected chi connectivity index (χ4v) is 2.50. The molecule has 0 amide bonds. The number of aryl methyl sites for hydroxylation is 2. The molecule has 1 aromatic carbocycles. The molecule has 1 N–H and O–H groups in total. The van der Waals surface area contributed by atoms with Crippen LogP contribution >= 0.6 is 11.3 Å². The summed E-state index contributed by atoms with van der Waals surface area (Å²) >= 11 is 1.53. The van der Waals surface area contributed by atoms with Gasteiger partial charge in [0.25, 0.3) is 0 Å². The van der Waals surface area contributed by atoms with Crippen LogP contribution in [0.2, 0.25) is 0 Å². The van der Waals surface area contributed by atoms with Crippen LogP contribution in [0.15, 0.2) is 47.1 Å². The molecule has 0 aliphatic rings. The summed E-state index contributed by atoms with van der Waals surface area (Å²) in [5.41, 5.74) is 6.24. The number of aromatic nitrogens is 3. The molecule has 0 aliphatic carbocycles. The van der Waals surface area contributed by atoms with Gasteiger partial charge in [-0.15, -0.1) is 11.3 Å². The van der Waals surface area contributed by atoms with E-state index in [2.05, 4.69) is 51.7 Å². The molecule has 0 bridgehead atoms. The smallest absolute Gasteiger partial charge is 0.203 e. The Morgan fingerprint density at radius 1 is 1.29 bits per heavy atom. The van der Waals surface area contributed by atoms with Crippen LogP contribution < -0.4 is 5.43 Å². The summed E-state index contributed by atoms with van der Waals surface area (Å²) in [4.78, 5) is 8.68. The maximum absolute atomic E-state index is 4.52. The highest BCUT2D eigenvalue weighted by atomic mass is 32.1. The van der Waals surface area contributed by atoms with Gasteiger partial charge in [0.2, 0.25) is 5.13 Å². The van der Waals surface area contributed by atoms with Gasteiger partial charge in [-0.2, -0.15) is 5.10 Å². The molecule has 0 radical (unpaired) electrons. The zero-order valence-corrected chi connectivity index (χ0v) is 12.6. The minimum atomic E-state index is 0.760. The summed E-state index contributed by atoms with van der Waals surface area (Å²) in [5, 5.41) is 6.93. The van der Waals surface area contributed by atoms with Crippen molar-refractivity contribution >= 4 is 22.7 Å². The Labute approximate surface area is 127 Å². The number of anilines is 1. The molecule has 2 aromatic heterocycles. The lowest BCUT2D eigenvalue weighted by molar-refractivity contribution is 0.901. The summed E-state index contributed by atoms with van der Waals surface area (Å²) in [7, 11) is 1.92. The number of nitrogens with one attached hydrogen (secondary N) is 1. The number of imidazole rings is 1. The molecule has 0 aliphatic heterocycles. The zero-order valence-electron chi connectivity index (χ0n) is 11.8. The third-order valence-electron chi connectivity index (χ3n) is 3.05. The van der Waals surface area contributed by atoms with Gasteiger partial charge in [-0.25, -0.2) is 9.97 Å². The van der Waals surface area contributed by atoms with E-state index in [9.17, 15) is 0 Å². The monoisotopic (exact) mass is 297 g/mol. The molecule has 6 heteroatoms. The van der Waals surface area contributed by atoms with Crippen LogP contribution in [0.1, 0.15) is 11.4 Å². The van der Waals surface area contributed by atoms with Crippen LogP contribution in [0.5, 0.6) is 0 Å². The van der Waals surface area contributed by atoms with Crippen molar-refractivity contribution in [1.29, 1.82) is 0 Å². The molecule has 0 saturated heterocycles. The summed E-state index contributed by atoms with van der Waals surface area (Å²) in [5.74, 6) is 0.790. The summed E-state index contributed by atoms with van der Waals surface area (Å²) < 4.78 is 1.89. The maximum atomic E-state index is 4.52. The highest BCUT2D eigenvalue weighted by Gasteiger charge is 2.03. The van der Waals surface area contributed by atoms with Gasteiger partial charge < -0.3 is 4.57 Å². The van der Waals surface area contributed by atoms with Crippen molar-refractivity contribution in [3.63, 3.8) is 0 Å². The molecule has 3 aromatic rings. The van der Waals surface area contributed by atoms with Gasteiger partial charge in [0.05, 0.1) is 11.9 Å². The first kappa shape index (κ1) is 13.5.